The van der Waals surface area contributed by atoms with Crippen molar-refractivity contribution in [3.8, 4) is 11.5 Å². The van der Waals surface area contributed by atoms with Crippen LogP contribution >= 0.6 is 0 Å². The van der Waals surface area contributed by atoms with E-state index in [1.54, 1.807) is 29.3 Å². The zero-order valence-corrected chi connectivity index (χ0v) is 20.2. The van der Waals surface area contributed by atoms with E-state index >= 15 is 0 Å². The van der Waals surface area contributed by atoms with Gasteiger partial charge in [-0.1, -0.05) is 24.3 Å². The summed E-state index contributed by atoms with van der Waals surface area (Å²) in [6.07, 6.45) is 0.442. The fraction of sp³-hybridized carbons (Fsp3) is 0.321. The van der Waals surface area contributed by atoms with Gasteiger partial charge in [0.05, 0.1) is 17.5 Å². The van der Waals surface area contributed by atoms with Gasteiger partial charge >= 0.3 is 12.3 Å². The highest BCUT2D eigenvalue weighted by atomic mass is 19.4. The highest BCUT2D eigenvalue weighted by Crippen LogP contribution is 2.52. The Hall–Kier alpha value is -4.08. The molecule has 1 unspecified atom stereocenters. The maximum absolute atomic E-state index is 13.6. The molecule has 6 rings (SSSR count). The number of carbonyl (C=O) groups excluding carboxylic acids is 2. The lowest BCUT2D eigenvalue weighted by atomic mass is 9.92. The van der Waals surface area contributed by atoms with Gasteiger partial charge in [-0.05, 0) is 54.3 Å². The number of esters is 1. The molecule has 1 saturated heterocycles. The Morgan fingerprint density at radius 1 is 1.00 bits per heavy atom. The van der Waals surface area contributed by atoms with Crippen molar-refractivity contribution >= 4 is 11.9 Å². The smallest absolute Gasteiger partial charge is 0.489 e. The summed E-state index contributed by atoms with van der Waals surface area (Å²) in [6, 6.07) is 14.6. The van der Waals surface area contributed by atoms with Gasteiger partial charge in [0.15, 0.2) is 5.60 Å². The van der Waals surface area contributed by atoms with Crippen LogP contribution in [0.2, 0.25) is 0 Å². The van der Waals surface area contributed by atoms with E-state index in [1.165, 1.54) is 30.5 Å². The molecule has 2 fully saturated rings. The first-order valence-corrected chi connectivity index (χ1v) is 12.2. The quantitative estimate of drug-likeness (QED) is 0.428. The standard InChI is InChI=1S/C28H23F3N2O5/c29-28(30,31)37-21-5-1-18(2-6-21)16-36-20-7-3-19(4-8-20)26(10-11-26)25(35)33-14-12-27(17-33)23-9-13-32-15-22(23)24(34)38-27/h1-9,13,15H,10-12,14,16-17H2. The molecule has 38 heavy (non-hydrogen) atoms. The summed E-state index contributed by atoms with van der Waals surface area (Å²) in [7, 11) is 0. The maximum atomic E-state index is 13.6. The molecule has 1 aromatic heterocycles. The molecule has 10 heteroatoms. The van der Waals surface area contributed by atoms with Gasteiger partial charge in [0, 0.05) is 30.9 Å². The number of rotatable bonds is 6. The van der Waals surface area contributed by atoms with Crippen molar-refractivity contribution in [3.63, 3.8) is 0 Å². The number of halogens is 3. The zero-order chi connectivity index (χ0) is 26.5. The third-order valence-electron chi connectivity index (χ3n) is 7.47. The number of hydrogen-bond acceptors (Lipinski definition) is 6. The Morgan fingerprint density at radius 3 is 2.39 bits per heavy atom. The summed E-state index contributed by atoms with van der Waals surface area (Å²) < 4.78 is 52.4. The van der Waals surface area contributed by atoms with Crippen LogP contribution in [0.4, 0.5) is 13.2 Å². The molecule has 1 saturated carbocycles. The first kappa shape index (κ1) is 24.3. The Labute approximate surface area is 216 Å². The van der Waals surface area contributed by atoms with Crippen LogP contribution < -0.4 is 9.47 Å². The lowest BCUT2D eigenvalue weighted by Gasteiger charge is -2.27. The van der Waals surface area contributed by atoms with Crippen LogP contribution in [0, 0.1) is 0 Å². The summed E-state index contributed by atoms with van der Waals surface area (Å²) in [6.45, 7) is 0.995. The van der Waals surface area contributed by atoms with Crippen molar-refractivity contribution in [2.75, 3.05) is 13.1 Å². The van der Waals surface area contributed by atoms with E-state index in [0.29, 0.717) is 36.4 Å². The van der Waals surface area contributed by atoms with Crippen LogP contribution in [0.1, 0.15) is 46.3 Å². The molecule has 3 aromatic rings. The highest BCUT2D eigenvalue weighted by molar-refractivity contribution is 5.95. The van der Waals surface area contributed by atoms with E-state index in [0.717, 1.165) is 24.0 Å². The van der Waals surface area contributed by atoms with Crippen molar-refractivity contribution in [1.82, 2.24) is 9.88 Å². The third-order valence-corrected chi connectivity index (χ3v) is 7.47. The largest absolute Gasteiger partial charge is 0.573 e. The summed E-state index contributed by atoms with van der Waals surface area (Å²) in [5, 5.41) is 0. The van der Waals surface area contributed by atoms with E-state index in [1.807, 2.05) is 12.1 Å². The number of fused-ring (bicyclic) bond motifs is 2. The van der Waals surface area contributed by atoms with Crippen LogP contribution in [0.5, 0.6) is 11.5 Å². The first-order valence-electron chi connectivity index (χ1n) is 12.2. The molecule has 0 N–H and O–H groups in total. The Balaban J connectivity index is 1.09. The lowest BCUT2D eigenvalue weighted by Crippen LogP contribution is -2.40. The van der Waals surface area contributed by atoms with Crippen molar-refractivity contribution < 1.29 is 37.0 Å². The highest BCUT2D eigenvalue weighted by Gasteiger charge is 2.57. The van der Waals surface area contributed by atoms with Crippen LogP contribution in [-0.2, 0) is 27.2 Å². The minimum atomic E-state index is -4.73. The molecule has 1 amide bonds. The molecule has 0 radical (unpaired) electrons. The molecule has 2 aromatic carbocycles. The van der Waals surface area contributed by atoms with Gasteiger partial charge in [-0.2, -0.15) is 0 Å². The number of hydrogen-bond donors (Lipinski definition) is 0. The number of carbonyl (C=O) groups is 2. The fourth-order valence-corrected chi connectivity index (χ4v) is 5.38. The zero-order valence-electron chi connectivity index (χ0n) is 20.2. The first-order chi connectivity index (χ1) is 18.2. The summed E-state index contributed by atoms with van der Waals surface area (Å²) in [5.74, 6) is -0.0791. The second-order valence-electron chi connectivity index (χ2n) is 9.87. The number of alkyl halides is 3. The second-order valence-corrected chi connectivity index (χ2v) is 9.87. The number of aromatic nitrogens is 1. The molecule has 3 heterocycles. The average molecular weight is 524 g/mol. The molecule has 2 aliphatic heterocycles. The van der Waals surface area contributed by atoms with Crippen LogP contribution in [0.15, 0.2) is 67.0 Å². The molecule has 196 valence electrons. The Kier molecular flexibility index (Phi) is 5.59. The van der Waals surface area contributed by atoms with Gasteiger partial charge in [0.25, 0.3) is 0 Å². The monoisotopic (exact) mass is 524 g/mol. The molecular formula is C28H23F3N2O5. The molecule has 3 aliphatic rings. The predicted molar refractivity (Wildman–Crippen MR) is 127 cm³/mol. The van der Waals surface area contributed by atoms with E-state index < -0.39 is 23.3 Å². The Morgan fingerprint density at radius 2 is 1.71 bits per heavy atom. The van der Waals surface area contributed by atoms with E-state index in [4.69, 9.17) is 9.47 Å². The average Bonchev–Trinajstić information content (AvgIpc) is 3.53. The molecular weight excluding hydrogens is 501 g/mol. The van der Waals surface area contributed by atoms with E-state index in [2.05, 4.69) is 9.72 Å². The number of amides is 1. The van der Waals surface area contributed by atoms with Crippen molar-refractivity contribution in [3.05, 3.63) is 89.2 Å². The Bertz CT molecular complexity index is 1390. The molecule has 1 spiro atoms. The van der Waals surface area contributed by atoms with Gasteiger partial charge in [0.2, 0.25) is 5.91 Å². The minimum Gasteiger partial charge on any atom is -0.489 e. The van der Waals surface area contributed by atoms with Crippen LogP contribution in [0.25, 0.3) is 0 Å². The van der Waals surface area contributed by atoms with Gasteiger partial charge in [-0.15, -0.1) is 13.2 Å². The number of ether oxygens (including phenoxy) is 3. The summed E-state index contributed by atoms with van der Waals surface area (Å²) in [5.41, 5.74) is 1.44. The maximum Gasteiger partial charge on any atom is 0.573 e. The predicted octanol–water partition coefficient (Wildman–Crippen LogP) is 4.89. The summed E-state index contributed by atoms with van der Waals surface area (Å²) >= 11 is 0. The number of likely N-dealkylation sites (tertiary alicyclic amines) is 1. The van der Waals surface area contributed by atoms with Gasteiger partial charge in [0.1, 0.15) is 18.1 Å². The minimum absolute atomic E-state index is 0.0303. The van der Waals surface area contributed by atoms with E-state index in [9.17, 15) is 22.8 Å². The van der Waals surface area contributed by atoms with Crippen molar-refractivity contribution in [1.29, 1.82) is 0 Å². The topological polar surface area (TPSA) is 78.0 Å². The summed E-state index contributed by atoms with van der Waals surface area (Å²) in [4.78, 5) is 31.8. The fourth-order valence-electron chi connectivity index (χ4n) is 5.38. The van der Waals surface area contributed by atoms with E-state index in [-0.39, 0.29) is 18.3 Å². The van der Waals surface area contributed by atoms with Crippen LogP contribution in [-0.4, -0.2) is 41.2 Å². The normalized spacial score (nSPS) is 21.2. The molecule has 1 aliphatic carbocycles. The number of pyridine rings is 1. The van der Waals surface area contributed by atoms with Gasteiger partial charge in [-0.3, -0.25) is 9.78 Å². The van der Waals surface area contributed by atoms with Gasteiger partial charge < -0.3 is 19.1 Å². The number of benzene rings is 2. The van der Waals surface area contributed by atoms with Gasteiger partial charge in [-0.25, -0.2) is 4.79 Å². The van der Waals surface area contributed by atoms with Crippen molar-refractivity contribution in [2.24, 2.45) is 0 Å². The number of nitrogens with zero attached hydrogens (tertiary/aromatic N) is 2. The van der Waals surface area contributed by atoms with Crippen molar-refractivity contribution in [2.45, 2.75) is 43.2 Å². The molecule has 1 atom stereocenters. The lowest BCUT2D eigenvalue weighted by molar-refractivity contribution is -0.274. The molecule has 7 nitrogen and oxygen atoms in total. The van der Waals surface area contributed by atoms with Crippen LogP contribution in [0.3, 0.4) is 0 Å². The third kappa shape index (κ3) is 4.33. The molecule has 0 bridgehead atoms. The SMILES string of the molecule is O=C1OC2(CCN(C(=O)C3(c4ccc(OCc5ccc(OC(F)(F)F)cc5)cc4)CC3)C2)c2ccncc21. The second kappa shape index (κ2) is 8.75.